The fourth-order valence-corrected chi connectivity index (χ4v) is 3.47. The molecule has 25 heavy (non-hydrogen) atoms. The summed E-state index contributed by atoms with van der Waals surface area (Å²) >= 11 is 0. The molecule has 2 aromatic rings. The average Bonchev–Trinajstić information content (AvgIpc) is 3.32. The van der Waals surface area contributed by atoms with Crippen molar-refractivity contribution in [1.82, 2.24) is 30.0 Å². The third-order valence-corrected chi connectivity index (χ3v) is 4.61. The predicted molar refractivity (Wildman–Crippen MR) is 93.5 cm³/mol. The minimum absolute atomic E-state index is 0.123. The summed E-state index contributed by atoms with van der Waals surface area (Å²) < 4.78 is 7.62. The fraction of sp³-hybridized carbons (Fsp3) is 0.500. The van der Waals surface area contributed by atoms with Crippen LogP contribution in [0.25, 0.3) is 5.69 Å². The molecule has 1 unspecified atom stereocenters. The number of aromatic nitrogens is 5. The molecule has 0 amide bonds. The highest BCUT2D eigenvalue weighted by atomic mass is 16.5. The van der Waals surface area contributed by atoms with Gasteiger partial charge in [-0.1, -0.05) is 6.92 Å². The Kier molecular flexibility index (Phi) is 4.22. The molecule has 9 nitrogen and oxygen atoms in total. The average molecular weight is 342 g/mol. The van der Waals surface area contributed by atoms with E-state index in [0.717, 1.165) is 36.8 Å². The van der Waals surface area contributed by atoms with Gasteiger partial charge in [0.1, 0.15) is 12.0 Å². The molecule has 0 aliphatic carbocycles. The Balaban J connectivity index is 1.79. The highest BCUT2D eigenvalue weighted by Gasteiger charge is 2.38. The smallest absolute Gasteiger partial charge is 0.228 e. The summed E-state index contributed by atoms with van der Waals surface area (Å²) in [6.07, 6.45) is 9.01. The summed E-state index contributed by atoms with van der Waals surface area (Å²) in [5.41, 5.74) is 0.903. The summed E-state index contributed by atoms with van der Waals surface area (Å²) in [6, 6.07) is 0.405. The Bertz CT molecular complexity index is 767. The first-order valence-corrected chi connectivity index (χ1v) is 8.55. The van der Waals surface area contributed by atoms with Gasteiger partial charge in [0.05, 0.1) is 24.9 Å². The van der Waals surface area contributed by atoms with Crippen molar-refractivity contribution in [2.45, 2.75) is 31.8 Å². The highest BCUT2D eigenvalue weighted by molar-refractivity contribution is 5.63. The standard InChI is InChI=1S/C16H22N8O/c1-3-12-15-22-20-10-23(15)13-8-19-16(18-6-5-17-2)21-14(13)24(12)11-4-7-25-9-11/h5-6,8,10-12,17H,3-4,7,9H2,1-2H3,(H,18,19,21)/b6-5-/t11?,12-/m1/s1. The van der Waals surface area contributed by atoms with Crippen LogP contribution in [0.2, 0.25) is 0 Å². The molecule has 1 saturated heterocycles. The first-order valence-electron chi connectivity index (χ1n) is 8.55. The lowest BCUT2D eigenvalue weighted by Gasteiger charge is -2.40. The Labute approximate surface area is 146 Å². The van der Waals surface area contributed by atoms with Crippen molar-refractivity contribution in [2.24, 2.45) is 0 Å². The minimum Gasteiger partial charge on any atom is -0.393 e. The van der Waals surface area contributed by atoms with Crippen molar-refractivity contribution in [3.63, 3.8) is 0 Å². The van der Waals surface area contributed by atoms with Crippen LogP contribution >= 0.6 is 0 Å². The van der Waals surface area contributed by atoms with Crippen molar-refractivity contribution in [1.29, 1.82) is 0 Å². The van der Waals surface area contributed by atoms with Crippen LogP contribution in [0.5, 0.6) is 0 Å². The van der Waals surface area contributed by atoms with Crippen molar-refractivity contribution < 1.29 is 4.74 Å². The van der Waals surface area contributed by atoms with Crippen molar-refractivity contribution in [3.8, 4) is 5.69 Å². The number of fused-ring (bicyclic) bond motifs is 3. The van der Waals surface area contributed by atoms with Gasteiger partial charge in [0.25, 0.3) is 0 Å². The van der Waals surface area contributed by atoms with E-state index in [1.807, 2.05) is 17.8 Å². The highest BCUT2D eigenvalue weighted by Crippen LogP contribution is 2.40. The number of anilines is 2. The zero-order chi connectivity index (χ0) is 17.2. The summed E-state index contributed by atoms with van der Waals surface area (Å²) in [7, 11) is 1.84. The molecular weight excluding hydrogens is 320 g/mol. The molecule has 0 bridgehead atoms. The van der Waals surface area contributed by atoms with Crippen molar-refractivity contribution >= 4 is 11.8 Å². The molecule has 0 aromatic carbocycles. The Morgan fingerprint density at radius 3 is 3.08 bits per heavy atom. The number of rotatable bonds is 5. The number of hydrogen-bond donors (Lipinski definition) is 2. The second-order valence-electron chi connectivity index (χ2n) is 6.08. The van der Waals surface area contributed by atoms with Gasteiger partial charge < -0.3 is 20.3 Å². The third-order valence-electron chi connectivity index (χ3n) is 4.61. The lowest BCUT2D eigenvalue weighted by atomic mass is 10.1. The van der Waals surface area contributed by atoms with Crippen LogP contribution in [0.4, 0.5) is 11.8 Å². The molecule has 4 heterocycles. The van der Waals surface area contributed by atoms with Crippen molar-refractivity contribution in [3.05, 3.63) is 30.7 Å². The number of nitrogens with one attached hydrogen (secondary N) is 2. The van der Waals surface area contributed by atoms with Gasteiger partial charge in [-0.05, 0) is 12.8 Å². The first kappa shape index (κ1) is 15.8. The fourth-order valence-electron chi connectivity index (χ4n) is 3.47. The van der Waals surface area contributed by atoms with E-state index in [2.05, 4.69) is 37.6 Å². The van der Waals surface area contributed by atoms with E-state index < -0.39 is 0 Å². The Morgan fingerprint density at radius 2 is 2.32 bits per heavy atom. The Morgan fingerprint density at radius 1 is 1.40 bits per heavy atom. The molecule has 9 heteroatoms. The maximum Gasteiger partial charge on any atom is 0.228 e. The molecule has 2 atom stereocenters. The van der Waals surface area contributed by atoms with Crippen LogP contribution < -0.4 is 15.5 Å². The van der Waals surface area contributed by atoms with E-state index >= 15 is 0 Å². The summed E-state index contributed by atoms with van der Waals surface area (Å²) in [5, 5.41) is 14.5. The van der Waals surface area contributed by atoms with Crippen LogP contribution in [0.15, 0.2) is 24.9 Å². The molecule has 132 valence electrons. The molecule has 0 radical (unpaired) electrons. The summed E-state index contributed by atoms with van der Waals surface area (Å²) in [5.74, 6) is 2.38. The van der Waals surface area contributed by atoms with E-state index in [-0.39, 0.29) is 12.1 Å². The van der Waals surface area contributed by atoms with E-state index in [9.17, 15) is 0 Å². The molecule has 0 saturated carbocycles. The molecular formula is C16H22N8O. The van der Waals surface area contributed by atoms with Crippen LogP contribution in [0.3, 0.4) is 0 Å². The molecule has 2 N–H and O–H groups in total. The molecule has 0 spiro atoms. The third kappa shape index (κ3) is 2.70. The van der Waals surface area contributed by atoms with Crippen LogP contribution in [0, 0.1) is 0 Å². The minimum atomic E-state index is 0.123. The lowest BCUT2D eigenvalue weighted by molar-refractivity contribution is 0.191. The van der Waals surface area contributed by atoms with Crippen molar-refractivity contribution in [2.75, 3.05) is 30.5 Å². The topological polar surface area (TPSA) is 93.0 Å². The van der Waals surface area contributed by atoms with Gasteiger partial charge in [-0.25, -0.2) is 4.98 Å². The van der Waals surface area contributed by atoms with Gasteiger partial charge in [-0.15, -0.1) is 10.2 Å². The first-order chi connectivity index (χ1) is 12.3. The maximum absolute atomic E-state index is 5.63. The molecule has 2 aromatic heterocycles. The second-order valence-corrected chi connectivity index (χ2v) is 6.08. The number of hydrogen-bond acceptors (Lipinski definition) is 8. The zero-order valence-corrected chi connectivity index (χ0v) is 14.4. The van der Waals surface area contributed by atoms with Gasteiger partial charge in [0.2, 0.25) is 5.95 Å². The van der Waals surface area contributed by atoms with E-state index in [0.29, 0.717) is 12.6 Å². The molecule has 2 aliphatic rings. The largest absolute Gasteiger partial charge is 0.393 e. The normalized spacial score (nSPS) is 22.1. The van der Waals surface area contributed by atoms with Gasteiger partial charge in [-0.2, -0.15) is 4.98 Å². The predicted octanol–water partition coefficient (Wildman–Crippen LogP) is 1.22. The summed E-state index contributed by atoms with van der Waals surface area (Å²) in [6.45, 7) is 3.64. The zero-order valence-electron chi connectivity index (χ0n) is 14.4. The lowest BCUT2D eigenvalue weighted by Crippen LogP contribution is -2.43. The van der Waals surface area contributed by atoms with Gasteiger partial charge in [-0.3, -0.25) is 4.57 Å². The van der Waals surface area contributed by atoms with Crippen LogP contribution in [0.1, 0.15) is 31.6 Å². The quantitative estimate of drug-likeness (QED) is 0.838. The van der Waals surface area contributed by atoms with Gasteiger partial charge >= 0.3 is 0 Å². The van der Waals surface area contributed by atoms with Crippen LogP contribution in [-0.2, 0) is 4.74 Å². The SMILES string of the molecule is CC[C@@H]1c2nncn2-c2cnc(N/C=C\NC)nc2N1C1CCOC1. The number of ether oxygens (including phenoxy) is 1. The van der Waals surface area contributed by atoms with Crippen LogP contribution in [-0.4, -0.2) is 51.0 Å². The maximum atomic E-state index is 5.63. The summed E-state index contributed by atoms with van der Waals surface area (Å²) in [4.78, 5) is 11.5. The van der Waals surface area contributed by atoms with E-state index in [1.165, 1.54) is 0 Å². The molecule has 4 rings (SSSR count). The molecule has 1 fully saturated rings. The Hall–Kier alpha value is -2.68. The number of nitrogens with zero attached hydrogens (tertiary/aromatic N) is 6. The molecule has 2 aliphatic heterocycles. The monoisotopic (exact) mass is 342 g/mol. The van der Waals surface area contributed by atoms with E-state index in [4.69, 9.17) is 9.72 Å². The van der Waals surface area contributed by atoms with Gasteiger partial charge in [0.15, 0.2) is 11.6 Å². The van der Waals surface area contributed by atoms with Gasteiger partial charge in [0, 0.05) is 26.1 Å². The second kappa shape index (κ2) is 6.67. The van der Waals surface area contributed by atoms with E-state index in [1.54, 1.807) is 18.7 Å².